The number of benzene rings is 1. The normalized spacial score (nSPS) is 11.4. The predicted molar refractivity (Wildman–Crippen MR) is 71.0 cm³/mol. The van der Waals surface area contributed by atoms with Crippen LogP contribution in [0.2, 0.25) is 0 Å². The number of aromatic nitrogens is 3. The van der Waals surface area contributed by atoms with Gasteiger partial charge in [0.2, 0.25) is 0 Å². The molecular weight excluding hydrogens is 242 g/mol. The summed E-state index contributed by atoms with van der Waals surface area (Å²) in [5.41, 5.74) is 3.88. The fourth-order valence-corrected chi connectivity index (χ4v) is 2.18. The van der Waals surface area contributed by atoms with E-state index in [0.29, 0.717) is 11.1 Å². The molecule has 5 nitrogen and oxygen atoms in total. The zero-order valence-corrected chi connectivity index (χ0v) is 9.83. The number of pyridine rings is 1. The summed E-state index contributed by atoms with van der Waals surface area (Å²) in [7, 11) is 0. The molecule has 0 saturated carbocycles. The highest BCUT2D eigenvalue weighted by Gasteiger charge is 2.07. The molecule has 4 aromatic rings. The van der Waals surface area contributed by atoms with Crippen LogP contribution in [-0.4, -0.2) is 14.4 Å². The van der Waals surface area contributed by atoms with Crippen LogP contribution < -0.4 is 5.76 Å². The van der Waals surface area contributed by atoms with Gasteiger partial charge in [0.05, 0.1) is 11.2 Å². The van der Waals surface area contributed by atoms with E-state index < -0.39 is 5.76 Å². The number of hydrogen-bond donors (Lipinski definition) is 1. The molecule has 1 aromatic carbocycles. The summed E-state index contributed by atoms with van der Waals surface area (Å²) < 4.78 is 7.01. The van der Waals surface area contributed by atoms with Crippen molar-refractivity contribution in [2.75, 3.05) is 0 Å². The van der Waals surface area contributed by atoms with Gasteiger partial charge >= 0.3 is 5.76 Å². The second-order valence-electron chi connectivity index (χ2n) is 4.32. The highest BCUT2D eigenvalue weighted by molar-refractivity contribution is 5.79. The molecule has 0 spiro atoms. The first-order valence-corrected chi connectivity index (χ1v) is 5.86. The Bertz CT molecular complexity index is 913. The van der Waals surface area contributed by atoms with E-state index in [0.717, 1.165) is 16.9 Å². The molecular formula is C14H9N3O2. The van der Waals surface area contributed by atoms with Crippen molar-refractivity contribution in [3.05, 3.63) is 59.3 Å². The second kappa shape index (κ2) is 3.58. The number of rotatable bonds is 1. The van der Waals surface area contributed by atoms with Crippen LogP contribution >= 0.6 is 0 Å². The number of aromatic amines is 1. The fraction of sp³-hybridized carbons (Fsp3) is 0. The molecule has 0 bridgehead atoms. The van der Waals surface area contributed by atoms with Crippen LogP contribution in [0.15, 0.2) is 58.0 Å². The average molecular weight is 251 g/mol. The van der Waals surface area contributed by atoms with E-state index in [1.807, 2.05) is 53.2 Å². The number of nitrogens with one attached hydrogen (secondary N) is 1. The zero-order valence-electron chi connectivity index (χ0n) is 9.83. The molecule has 19 heavy (non-hydrogen) atoms. The number of nitrogens with zero attached hydrogens (tertiary/aromatic N) is 2. The van der Waals surface area contributed by atoms with E-state index >= 15 is 0 Å². The van der Waals surface area contributed by atoms with Crippen molar-refractivity contribution in [2.45, 2.75) is 0 Å². The van der Waals surface area contributed by atoms with Crippen LogP contribution in [0.5, 0.6) is 0 Å². The topological polar surface area (TPSA) is 63.3 Å². The Morgan fingerprint density at radius 2 is 2.16 bits per heavy atom. The summed E-state index contributed by atoms with van der Waals surface area (Å²) in [6.07, 6.45) is 3.89. The fourth-order valence-electron chi connectivity index (χ4n) is 2.18. The standard InChI is InChI=1S/C14H9N3O2/c18-14-16-10-5-4-9(7-12(10)19-14)11-8-17-6-2-1-3-13(17)15-11/h1-8H,(H,16,18). The Balaban J connectivity index is 1.95. The quantitative estimate of drug-likeness (QED) is 0.565. The number of fused-ring (bicyclic) bond motifs is 2. The molecule has 5 heteroatoms. The zero-order chi connectivity index (χ0) is 12.8. The average Bonchev–Trinajstić information content (AvgIpc) is 2.99. The summed E-state index contributed by atoms with van der Waals surface area (Å²) in [5.74, 6) is -0.442. The third kappa shape index (κ3) is 1.55. The molecule has 3 heterocycles. The van der Waals surface area contributed by atoms with Crippen LogP contribution in [-0.2, 0) is 0 Å². The van der Waals surface area contributed by atoms with Crippen molar-refractivity contribution in [1.82, 2.24) is 14.4 Å². The lowest BCUT2D eigenvalue weighted by Gasteiger charge is -1.94. The summed E-state index contributed by atoms with van der Waals surface area (Å²) >= 11 is 0. The number of imidazole rings is 1. The molecule has 92 valence electrons. The van der Waals surface area contributed by atoms with E-state index in [-0.39, 0.29) is 0 Å². The van der Waals surface area contributed by atoms with Crippen molar-refractivity contribution in [2.24, 2.45) is 0 Å². The first kappa shape index (κ1) is 10.1. The van der Waals surface area contributed by atoms with Gasteiger partial charge in [-0.3, -0.25) is 4.98 Å². The summed E-state index contributed by atoms with van der Waals surface area (Å²) in [6.45, 7) is 0. The smallest absolute Gasteiger partial charge is 0.408 e. The molecule has 0 unspecified atom stereocenters. The van der Waals surface area contributed by atoms with Gasteiger partial charge in [-0.1, -0.05) is 12.1 Å². The molecule has 0 saturated heterocycles. The van der Waals surface area contributed by atoms with Crippen LogP contribution in [0, 0.1) is 0 Å². The van der Waals surface area contributed by atoms with Crippen LogP contribution in [0.1, 0.15) is 0 Å². The Labute approximate surface area is 107 Å². The predicted octanol–water partition coefficient (Wildman–Crippen LogP) is 2.44. The van der Waals surface area contributed by atoms with Gasteiger partial charge in [-0.05, 0) is 24.3 Å². The van der Waals surface area contributed by atoms with Gasteiger partial charge in [-0.15, -0.1) is 0 Å². The van der Waals surface area contributed by atoms with Crippen LogP contribution in [0.3, 0.4) is 0 Å². The Kier molecular flexibility index (Phi) is 1.91. The van der Waals surface area contributed by atoms with Gasteiger partial charge in [-0.25, -0.2) is 9.78 Å². The third-order valence-electron chi connectivity index (χ3n) is 3.08. The SMILES string of the molecule is O=c1[nH]c2ccc(-c3cn4ccccc4n3)cc2o1. The van der Waals surface area contributed by atoms with Crippen LogP contribution in [0.4, 0.5) is 0 Å². The Morgan fingerprint density at radius 1 is 1.21 bits per heavy atom. The second-order valence-corrected chi connectivity index (χ2v) is 4.32. The van der Waals surface area contributed by atoms with E-state index in [9.17, 15) is 4.79 Å². The summed E-state index contributed by atoms with van der Waals surface area (Å²) in [6, 6.07) is 11.4. The number of oxazole rings is 1. The van der Waals surface area contributed by atoms with Crippen molar-refractivity contribution in [1.29, 1.82) is 0 Å². The lowest BCUT2D eigenvalue weighted by atomic mass is 10.1. The number of hydrogen-bond acceptors (Lipinski definition) is 3. The molecule has 0 radical (unpaired) electrons. The summed E-state index contributed by atoms with van der Waals surface area (Å²) in [5, 5.41) is 0. The molecule has 4 rings (SSSR count). The van der Waals surface area contributed by atoms with Gasteiger partial charge in [0.25, 0.3) is 0 Å². The highest BCUT2D eigenvalue weighted by Crippen LogP contribution is 2.22. The summed E-state index contributed by atoms with van der Waals surface area (Å²) in [4.78, 5) is 18.3. The molecule has 0 aliphatic rings. The first-order valence-electron chi connectivity index (χ1n) is 5.86. The molecule has 0 amide bonds. The number of H-pyrrole nitrogens is 1. The molecule has 0 fully saturated rings. The molecule has 0 aliphatic carbocycles. The van der Waals surface area contributed by atoms with Crippen molar-refractivity contribution in [3.8, 4) is 11.3 Å². The maximum atomic E-state index is 11.1. The monoisotopic (exact) mass is 251 g/mol. The van der Waals surface area contributed by atoms with E-state index in [1.54, 1.807) is 0 Å². The Morgan fingerprint density at radius 3 is 3.05 bits per heavy atom. The van der Waals surface area contributed by atoms with Crippen molar-refractivity contribution < 1.29 is 4.42 Å². The lowest BCUT2D eigenvalue weighted by Crippen LogP contribution is -1.92. The van der Waals surface area contributed by atoms with Gasteiger partial charge < -0.3 is 8.82 Å². The van der Waals surface area contributed by atoms with E-state index in [1.165, 1.54) is 0 Å². The first-order chi connectivity index (χ1) is 9.29. The molecule has 0 aliphatic heterocycles. The lowest BCUT2D eigenvalue weighted by molar-refractivity contribution is 0.555. The molecule has 0 atom stereocenters. The maximum Gasteiger partial charge on any atom is 0.417 e. The van der Waals surface area contributed by atoms with Crippen molar-refractivity contribution in [3.63, 3.8) is 0 Å². The van der Waals surface area contributed by atoms with Gasteiger partial charge in [0.1, 0.15) is 5.65 Å². The van der Waals surface area contributed by atoms with Gasteiger partial charge in [-0.2, -0.15) is 0 Å². The Hall–Kier alpha value is -2.82. The minimum absolute atomic E-state index is 0.442. The van der Waals surface area contributed by atoms with Crippen molar-refractivity contribution >= 4 is 16.7 Å². The van der Waals surface area contributed by atoms with E-state index in [2.05, 4.69) is 9.97 Å². The minimum Gasteiger partial charge on any atom is -0.408 e. The third-order valence-corrected chi connectivity index (χ3v) is 3.08. The highest BCUT2D eigenvalue weighted by atomic mass is 16.4. The van der Waals surface area contributed by atoms with E-state index in [4.69, 9.17) is 4.42 Å². The van der Waals surface area contributed by atoms with Gasteiger partial charge in [0, 0.05) is 18.0 Å². The largest absolute Gasteiger partial charge is 0.417 e. The molecule has 3 aromatic heterocycles. The minimum atomic E-state index is -0.442. The maximum absolute atomic E-state index is 11.1. The van der Waals surface area contributed by atoms with Crippen LogP contribution in [0.25, 0.3) is 28.0 Å². The molecule has 1 N–H and O–H groups in total. The van der Waals surface area contributed by atoms with Gasteiger partial charge in [0.15, 0.2) is 5.58 Å².